The third-order valence-electron chi connectivity index (χ3n) is 2.73. The minimum absolute atomic E-state index is 0.310. The van der Waals surface area contributed by atoms with Gasteiger partial charge in [0.1, 0.15) is 5.75 Å². The lowest BCUT2D eigenvalue weighted by Gasteiger charge is -2.03. The Hall–Kier alpha value is -2.67. The first-order valence-corrected chi connectivity index (χ1v) is 7.37. The number of ether oxygens (including phenoxy) is 1. The van der Waals surface area contributed by atoms with Crippen molar-refractivity contribution in [1.82, 2.24) is 5.43 Å². The largest absolute Gasteiger partial charge is 0.482 e. The zero-order valence-electron chi connectivity index (χ0n) is 11.9. The fourth-order valence-electron chi connectivity index (χ4n) is 1.63. The van der Waals surface area contributed by atoms with Gasteiger partial charge in [0.15, 0.2) is 6.61 Å². The molecule has 7 heteroatoms. The third kappa shape index (κ3) is 5.55. The monoisotopic (exact) mass is 376 g/mol. The van der Waals surface area contributed by atoms with Crippen molar-refractivity contribution in [2.45, 2.75) is 0 Å². The van der Waals surface area contributed by atoms with Crippen LogP contribution in [0.4, 0.5) is 0 Å². The van der Waals surface area contributed by atoms with Crippen molar-refractivity contribution in [2.24, 2.45) is 5.10 Å². The van der Waals surface area contributed by atoms with Gasteiger partial charge in [0, 0.05) is 10.0 Å². The first-order valence-electron chi connectivity index (χ1n) is 6.58. The van der Waals surface area contributed by atoms with Gasteiger partial charge in [-0.25, -0.2) is 10.2 Å². The number of carboxylic acid groups (broad SMARTS) is 1. The van der Waals surface area contributed by atoms with E-state index in [4.69, 9.17) is 9.84 Å². The number of carbonyl (C=O) groups is 2. The second kappa shape index (κ2) is 8.09. The summed E-state index contributed by atoms with van der Waals surface area (Å²) < 4.78 is 5.91. The summed E-state index contributed by atoms with van der Waals surface area (Å²) in [5.74, 6) is -0.898. The number of nitrogens with zero attached hydrogens (tertiary/aromatic N) is 1. The summed E-state index contributed by atoms with van der Waals surface area (Å²) in [6.07, 6.45) is 1.48. The fourth-order valence-corrected chi connectivity index (χ4v) is 1.89. The van der Waals surface area contributed by atoms with Crippen LogP contribution in [0.15, 0.2) is 58.1 Å². The van der Waals surface area contributed by atoms with Crippen molar-refractivity contribution < 1.29 is 19.4 Å². The molecule has 0 aliphatic heterocycles. The normalized spacial score (nSPS) is 10.5. The molecule has 0 aromatic heterocycles. The van der Waals surface area contributed by atoms with Crippen molar-refractivity contribution in [3.8, 4) is 5.75 Å². The highest BCUT2D eigenvalue weighted by molar-refractivity contribution is 9.10. The number of benzene rings is 2. The third-order valence-corrected chi connectivity index (χ3v) is 3.26. The Morgan fingerprint density at radius 2 is 1.78 bits per heavy atom. The second-order valence-electron chi connectivity index (χ2n) is 4.46. The molecule has 23 heavy (non-hydrogen) atoms. The lowest BCUT2D eigenvalue weighted by molar-refractivity contribution is -0.139. The summed E-state index contributed by atoms with van der Waals surface area (Å²) in [6, 6.07) is 13.6. The van der Waals surface area contributed by atoms with Crippen LogP contribution in [0, 0.1) is 0 Å². The van der Waals surface area contributed by atoms with E-state index in [9.17, 15) is 9.59 Å². The zero-order valence-corrected chi connectivity index (χ0v) is 13.5. The maximum atomic E-state index is 11.8. The molecule has 118 valence electrons. The molecule has 0 saturated heterocycles. The Morgan fingerprint density at radius 3 is 2.39 bits per heavy atom. The minimum atomic E-state index is -1.04. The number of hydrogen-bond donors (Lipinski definition) is 2. The van der Waals surface area contributed by atoms with Crippen LogP contribution < -0.4 is 10.2 Å². The van der Waals surface area contributed by atoms with Crippen LogP contribution in [-0.4, -0.2) is 29.8 Å². The summed E-state index contributed by atoms with van der Waals surface area (Å²) in [7, 11) is 0. The van der Waals surface area contributed by atoms with Gasteiger partial charge in [0.2, 0.25) is 0 Å². The first-order chi connectivity index (χ1) is 11.0. The van der Waals surface area contributed by atoms with E-state index < -0.39 is 12.6 Å². The molecule has 6 nitrogen and oxygen atoms in total. The van der Waals surface area contributed by atoms with E-state index in [-0.39, 0.29) is 5.91 Å². The average Bonchev–Trinajstić information content (AvgIpc) is 2.54. The Labute approximate surface area is 140 Å². The van der Waals surface area contributed by atoms with Crippen LogP contribution in [0.2, 0.25) is 0 Å². The molecule has 2 aromatic rings. The molecule has 1 amide bonds. The molecule has 0 bridgehead atoms. The van der Waals surface area contributed by atoms with E-state index in [0.29, 0.717) is 11.3 Å². The lowest BCUT2D eigenvalue weighted by atomic mass is 10.2. The van der Waals surface area contributed by atoms with Gasteiger partial charge in [0.05, 0.1) is 6.21 Å². The van der Waals surface area contributed by atoms with Gasteiger partial charge in [-0.3, -0.25) is 4.79 Å². The standard InChI is InChI=1S/C16H13BrN2O4/c17-13-5-3-12(4-6-13)16(22)19-18-9-11-1-7-14(8-2-11)23-10-15(20)21/h1-9H,10H2,(H,19,22)(H,20,21)/b18-9-. The molecule has 0 spiro atoms. The van der Waals surface area contributed by atoms with Crippen molar-refractivity contribution in [2.75, 3.05) is 6.61 Å². The molecule has 2 N–H and O–H groups in total. The smallest absolute Gasteiger partial charge is 0.341 e. The van der Waals surface area contributed by atoms with Crippen LogP contribution >= 0.6 is 15.9 Å². The SMILES string of the molecule is O=C(O)COc1ccc(/C=N\NC(=O)c2ccc(Br)cc2)cc1. The highest BCUT2D eigenvalue weighted by atomic mass is 79.9. The van der Waals surface area contributed by atoms with Gasteiger partial charge < -0.3 is 9.84 Å². The minimum Gasteiger partial charge on any atom is -0.482 e. The quantitative estimate of drug-likeness (QED) is 0.599. The van der Waals surface area contributed by atoms with Crippen LogP contribution in [-0.2, 0) is 4.79 Å². The van der Waals surface area contributed by atoms with Gasteiger partial charge >= 0.3 is 5.97 Å². The molecule has 0 atom stereocenters. The van der Waals surface area contributed by atoms with Crippen molar-refractivity contribution in [3.05, 3.63) is 64.1 Å². The van der Waals surface area contributed by atoms with E-state index >= 15 is 0 Å². The molecule has 0 aliphatic rings. The number of carboxylic acids is 1. The van der Waals surface area contributed by atoms with Crippen molar-refractivity contribution in [3.63, 3.8) is 0 Å². The fraction of sp³-hybridized carbons (Fsp3) is 0.0625. The maximum Gasteiger partial charge on any atom is 0.341 e. The van der Waals surface area contributed by atoms with Gasteiger partial charge in [-0.1, -0.05) is 15.9 Å². The molecule has 2 rings (SSSR count). The highest BCUT2D eigenvalue weighted by Crippen LogP contribution is 2.11. The molecular weight excluding hydrogens is 364 g/mol. The molecule has 0 radical (unpaired) electrons. The number of nitrogens with one attached hydrogen (secondary N) is 1. The Morgan fingerprint density at radius 1 is 1.13 bits per heavy atom. The number of hydrogen-bond acceptors (Lipinski definition) is 4. The van der Waals surface area contributed by atoms with Gasteiger partial charge in [0.25, 0.3) is 5.91 Å². The van der Waals surface area contributed by atoms with E-state index in [1.165, 1.54) is 6.21 Å². The molecule has 2 aromatic carbocycles. The summed E-state index contributed by atoms with van der Waals surface area (Å²) >= 11 is 3.30. The summed E-state index contributed by atoms with van der Waals surface area (Å²) in [6.45, 7) is -0.392. The number of aliphatic carboxylic acids is 1. The van der Waals surface area contributed by atoms with Crippen LogP contribution in [0.1, 0.15) is 15.9 Å². The summed E-state index contributed by atoms with van der Waals surface area (Å²) in [5, 5.41) is 12.4. The first kappa shape index (κ1) is 16.7. The molecule has 0 saturated carbocycles. The highest BCUT2D eigenvalue weighted by Gasteiger charge is 2.03. The summed E-state index contributed by atoms with van der Waals surface area (Å²) in [4.78, 5) is 22.2. The average molecular weight is 377 g/mol. The zero-order chi connectivity index (χ0) is 16.7. The van der Waals surface area contributed by atoms with Crippen molar-refractivity contribution in [1.29, 1.82) is 0 Å². The number of amides is 1. The number of hydrazone groups is 1. The molecule has 0 heterocycles. The topological polar surface area (TPSA) is 88.0 Å². The lowest BCUT2D eigenvalue weighted by Crippen LogP contribution is -2.17. The number of halogens is 1. The van der Waals surface area contributed by atoms with Gasteiger partial charge in [-0.05, 0) is 54.1 Å². The maximum absolute atomic E-state index is 11.8. The Balaban J connectivity index is 1.88. The molecule has 0 aliphatic carbocycles. The molecule has 0 fully saturated rings. The van der Waals surface area contributed by atoms with Crippen LogP contribution in [0.3, 0.4) is 0 Å². The second-order valence-corrected chi connectivity index (χ2v) is 5.37. The van der Waals surface area contributed by atoms with Gasteiger partial charge in [-0.15, -0.1) is 0 Å². The van der Waals surface area contributed by atoms with Crippen LogP contribution in [0.5, 0.6) is 5.75 Å². The number of carbonyl (C=O) groups excluding carboxylic acids is 1. The molecule has 0 unspecified atom stereocenters. The Bertz CT molecular complexity index is 712. The summed E-state index contributed by atoms with van der Waals surface area (Å²) in [5.41, 5.74) is 3.67. The molecular formula is C16H13BrN2O4. The van der Waals surface area contributed by atoms with Gasteiger partial charge in [-0.2, -0.15) is 5.10 Å². The van der Waals surface area contributed by atoms with E-state index in [1.54, 1.807) is 48.5 Å². The predicted octanol–water partition coefficient (Wildman–Crippen LogP) is 2.68. The number of rotatable bonds is 6. The van der Waals surface area contributed by atoms with Crippen molar-refractivity contribution >= 4 is 34.0 Å². The van der Waals surface area contributed by atoms with Crippen LogP contribution in [0.25, 0.3) is 0 Å². The Kier molecular flexibility index (Phi) is 5.87. The van der Waals surface area contributed by atoms with E-state index in [2.05, 4.69) is 26.5 Å². The van der Waals surface area contributed by atoms with E-state index in [1.807, 2.05) is 0 Å². The predicted molar refractivity (Wildman–Crippen MR) is 88.8 cm³/mol. The van der Waals surface area contributed by atoms with E-state index in [0.717, 1.165) is 10.0 Å².